The Labute approximate surface area is 128 Å². The average Bonchev–Trinajstić information content (AvgIpc) is 3.30. The Bertz CT molecular complexity index is 435. The summed E-state index contributed by atoms with van der Waals surface area (Å²) < 4.78 is 5.65. The Kier molecular flexibility index (Phi) is 6.03. The zero-order valence-electron chi connectivity index (χ0n) is 13.4. The molecule has 0 saturated heterocycles. The number of nitrogens with one attached hydrogen (secondary N) is 1. The molecule has 2 atom stereocenters. The number of ether oxygens (including phenoxy) is 1. The number of para-hydroxylation sites is 1. The Morgan fingerprint density at radius 2 is 2.05 bits per heavy atom. The molecule has 21 heavy (non-hydrogen) atoms. The van der Waals surface area contributed by atoms with E-state index in [0.717, 1.165) is 23.9 Å². The first-order valence-electron chi connectivity index (χ1n) is 7.87. The fourth-order valence-corrected chi connectivity index (χ4v) is 2.41. The number of hydrogen-bond acceptors (Lipinski definition) is 4. The Hall–Kier alpha value is -1.10. The van der Waals surface area contributed by atoms with Crippen LogP contribution < -0.4 is 10.1 Å². The molecule has 0 radical (unpaired) electrons. The van der Waals surface area contributed by atoms with E-state index in [1.54, 1.807) is 0 Å². The largest absolute Gasteiger partial charge is 0.491 e. The van der Waals surface area contributed by atoms with E-state index in [1.165, 1.54) is 12.8 Å². The summed E-state index contributed by atoms with van der Waals surface area (Å²) in [6.45, 7) is 6.02. The van der Waals surface area contributed by atoms with Crippen molar-refractivity contribution in [2.75, 3.05) is 26.7 Å². The quantitative estimate of drug-likeness (QED) is 0.728. The van der Waals surface area contributed by atoms with Gasteiger partial charge >= 0.3 is 0 Å². The number of likely N-dealkylation sites (N-methyl/N-ethyl adjacent to an activating group) is 1. The predicted octanol–water partition coefficient (Wildman–Crippen LogP) is 1.81. The molecule has 1 aromatic rings. The van der Waals surface area contributed by atoms with E-state index >= 15 is 0 Å². The van der Waals surface area contributed by atoms with Crippen molar-refractivity contribution in [1.29, 1.82) is 0 Å². The summed E-state index contributed by atoms with van der Waals surface area (Å²) in [7, 11) is 2.18. The third kappa shape index (κ3) is 5.30. The van der Waals surface area contributed by atoms with Crippen LogP contribution >= 0.6 is 0 Å². The molecule has 2 N–H and O–H groups in total. The number of aliphatic hydroxyl groups excluding tert-OH is 1. The van der Waals surface area contributed by atoms with Crippen LogP contribution in [0.4, 0.5) is 0 Å². The van der Waals surface area contributed by atoms with Gasteiger partial charge in [-0.15, -0.1) is 0 Å². The zero-order chi connectivity index (χ0) is 15.2. The van der Waals surface area contributed by atoms with Gasteiger partial charge in [0.2, 0.25) is 0 Å². The number of aryl methyl sites for hydroxylation is 1. The minimum absolute atomic E-state index is 0.324. The van der Waals surface area contributed by atoms with Gasteiger partial charge in [0.1, 0.15) is 18.5 Å². The third-order valence-electron chi connectivity index (χ3n) is 4.16. The van der Waals surface area contributed by atoms with Crippen LogP contribution in [0.2, 0.25) is 0 Å². The van der Waals surface area contributed by atoms with Crippen molar-refractivity contribution in [1.82, 2.24) is 10.2 Å². The van der Waals surface area contributed by atoms with Crippen molar-refractivity contribution >= 4 is 0 Å². The fourth-order valence-electron chi connectivity index (χ4n) is 2.41. The van der Waals surface area contributed by atoms with E-state index in [0.29, 0.717) is 19.2 Å². The molecule has 0 amide bonds. The molecule has 0 aromatic heterocycles. The van der Waals surface area contributed by atoms with Crippen LogP contribution in [-0.2, 0) is 0 Å². The molecule has 4 nitrogen and oxygen atoms in total. The highest BCUT2D eigenvalue weighted by Crippen LogP contribution is 2.26. The lowest BCUT2D eigenvalue weighted by Gasteiger charge is -2.25. The average molecular weight is 292 g/mol. The lowest BCUT2D eigenvalue weighted by molar-refractivity contribution is 0.103. The molecule has 1 saturated carbocycles. The molecule has 1 fully saturated rings. The summed E-state index contributed by atoms with van der Waals surface area (Å²) in [5.74, 6) is 0.846. The van der Waals surface area contributed by atoms with E-state index in [9.17, 15) is 5.11 Å². The second kappa shape index (κ2) is 7.78. The summed E-state index contributed by atoms with van der Waals surface area (Å²) >= 11 is 0. The van der Waals surface area contributed by atoms with Crippen molar-refractivity contribution in [3.63, 3.8) is 0 Å². The normalized spacial score (nSPS) is 17.8. The van der Waals surface area contributed by atoms with Crippen LogP contribution in [0.25, 0.3) is 0 Å². The minimum Gasteiger partial charge on any atom is -0.491 e. The second-order valence-corrected chi connectivity index (χ2v) is 6.13. The van der Waals surface area contributed by atoms with Gasteiger partial charge in [0.15, 0.2) is 0 Å². The fraction of sp³-hybridized carbons (Fsp3) is 0.647. The van der Waals surface area contributed by atoms with Crippen molar-refractivity contribution < 1.29 is 9.84 Å². The standard InChI is InChI=1S/C17H28N2O2/c1-13-6-4-5-7-17(13)21-12-16(20)11-18-10-14(2)19(3)15-8-9-15/h4-7,14-16,18,20H,8-12H2,1-3H3. The predicted molar refractivity (Wildman–Crippen MR) is 85.8 cm³/mol. The van der Waals surface area contributed by atoms with Gasteiger partial charge in [0.25, 0.3) is 0 Å². The molecule has 0 spiro atoms. The van der Waals surface area contributed by atoms with Gasteiger partial charge in [0.05, 0.1) is 0 Å². The van der Waals surface area contributed by atoms with Crippen LogP contribution in [0.1, 0.15) is 25.3 Å². The molecule has 118 valence electrons. The van der Waals surface area contributed by atoms with Crippen molar-refractivity contribution in [2.24, 2.45) is 0 Å². The van der Waals surface area contributed by atoms with Gasteiger partial charge in [-0.05, 0) is 45.4 Å². The molecular weight excluding hydrogens is 264 g/mol. The Morgan fingerprint density at radius 3 is 2.71 bits per heavy atom. The van der Waals surface area contributed by atoms with E-state index in [-0.39, 0.29) is 0 Å². The number of nitrogens with zero attached hydrogens (tertiary/aromatic N) is 1. The van der Waals surface area contributed by atoms with E-state index in [1.807, 2.05) is 31.2 Å². The molecule has 2 unspecified atom stereocenters. The van der Waals surface area contributed by atoms with Gasteiger partial charge in [-0.2, -0.15) is 0 Å². The summed E-state index contributed by atoms with van der Waals surface area (Å²) in [5.41, 5.74) is 1.09. The van der Waals surface area contributed by atoms with E-state index < -0.39 is 6.10 Å². The third-order valence-corrected chi connectivity index (χ3v) is 4.16. The SMILES string of the molecule is Cc1ccccc1OCC(O)CNCC(C)N(C)C1CC1. The monoisotopic (exact) mass is 292 g/mol. The van der Waals surface area contributed by atoms with Crippen LogP contribution in [0.5, 0.6) is 5.75 Å². The molecule has 1 aliphatic carbocycles. The molecule has 1 aromatic carbocycles. The van der Waals surface area contributed by atoms with Gasteiger partial charge < -0.3 is 15.2 Å². The molecule has 0 bridgehead atoms. The lowest BCUT2D eigenvalue weighted by atomic mass is 10.2. The van der Waals surface area contributed by atoms with Crippen molar-refractivity contribution in [3.8, 4) is 5.75 Å². The Morgan fingerprint density at radius 1 is 1.33 bits per heavy atom. The maximum absolute atomic E-state index is 9.97. The lowest BCUT2D eigenvalue weighted by Crippen LogP contribution is -2.42. The maximum atomic E-state index is 9.97. The number of benzene rings is 1. The van der Waals surface area contributed by atoms with Gasteiger partial charge in [-0.3, -0.25) is 4.90 Å². The van der Waals surface area contributed by atoms with Gasteiger partial charge in [-0.1, -0.05) is 18.2 Å². The van der Waals surface area contributed by atoms with E-state index in [4.69, 9.17) is 4.74 Å². The molecule has 0 aliphatic heterocycles. The topological polar surface area (TPSA) is 44.7 Å². The minimum atomic E-state index is -0.483. The summed E-state index contributed by atoms with van der Waals surface area (Å²) in [6.07, 6.45) is 2.17. The zero-order valence-corrected chi connectivity index (χ0v) is 13.4. The van der Waals surface area contributed by atoms with Crippen LogP contribution in [0.15, 0.2) is 24.3 Å². The van der Waals surface area contributed by atoms with Gasteiger partial charge in [0, 0.05) is 25.2 Å². The highest BCUT2D eigenvalue weighted by Gasteiger charge is 2.28. The number of rotatable bonds is 9. The highest BCUT2D eigenvalue weighted by molar-refractivity contribution is 5.31. The molecular formula is C17H28N2O2. The summed E-state index contributed by atoms with van der Waals surface area (Å²) in [6, 6.07) is 9.15. The first kappa shape index (κ1) is 16.3. The van der Waals surface area contributed by atoms with Crippen LogP contribution in [0.3, 0.4) is 0 Å². The maximum Gasteiger partial charge on any atom is 0.122 e. The summed E-state index contributed by atoms with van der Waals surface area (Å²) in [4.78, 5) is 2.42. The van der Waals surface area contributed by atoms with Gasteiger partial charge in [-0.25, -0.2) is 0 Å². The second-order valence-electron chi connectivity index (χ2n) is 6.13. The van der Waals surface area contributed by atoms with Crippen LogP contribution in [-0.4, -0.2) is 54.9 Å². The molecule has 1 aliphatic rings. The van der Waals surface area contributed by atoms with Crippen molar-refractivity contribution in [3.05, 3.63) is 29.8 Å². The molecule has 2 rings (SSSR count). The van der Waals surface area contributed by atoms with Crippen molar-refractivity contribution in [2.45, 2.75) is 44.9 Å². The molecule has 4 heteroatoms. The van der Waals surface area contributed by atoms with Crippen LogP contribution in [0, 0.1) is 6.92 Å². The smallest absolute Gasteiger partial charge is 0.122 e. The summed E-state index contributed by atoms with van der Waals surface area (Å²) in [5, 5.41) is 13.3. The number of hydrogen-bond donors (Lipinski definition) is 2. The first-order chi connectivity index (χ1) is 10.1. The Balaban J connectivity index is 1.61. The number of aliphatic hydroxyl groups is 1. The first-order valence-corrected chi connectivity index (χ1v) is 7.87. The highest BCUT2D eigenvalue weighted by atomic mass is 16.5. The van der Waals surface area contributed by atoms with E-state index in [2.05, 4.69) is 24.2 Å². The molecule has 0 heterocycles.